The SMILES string of the molecule is CCOc1cccc(C(=O)O)c1OCc1cncn1C. The topological polar surface area (TPSA) is 73.6 Å². The lowest BCUT2D eigenvalue weighted by Crippen LogP contribution is -2.07. The van der Waals surface area contributed by atoms with E-state index in [1.54, 1.807) is 24.7 Å². The molecule has 0 amide bonds. The van der Waals surface area contributed by atoms with Crippen molar-refractivity contribution in [2.45, 2.75) is 13.5 Å². The van der Waals surface area contributed by atoms with Crippen molar-refractivity contribution in [2.24, 2.45) is 7.05 Å². The highest BCUT2D eigenvalue weighted by Crippen LogP contribution is 2.32. The van der Waals surface area contributed by atoms with Crippen LogP contribution in [0.3, 0.4) is 0 Å². The number of nitrogens with zero attached hydrogens (tertiary/aromatic N) is 2. The minimum absolute atomic E-state index is 0.0816. The van der Waals surface area contributed by atoms with Crippen LogP contribution in [-0.4, -0.2) is 27.2 Å². The first-order valence-electron chi connectivity index (χ1n) is 6.20. The van der Waals surface area contributed by atoms with Crippen molar-refractivity contribution in [1.82, 2.24) is 9.55 Å². The van der Waals surface area contributed by atoms with E-state index in [4.69, 9.17) is 9.47 Å². The summed E-state index contributed by atoms with van der Waals surface area (Å²) in [7, 11) is 1.85. The second-order valence-electron chi connectivity index (χ2n) is 4.16. The van der Waals surface area contributed by atoms with Gasteiger partial charge in [-0.15, -0.1) is 0 Å². The second kappa shape index (κ2) is 6.10. The molecular weight excluding hydrogens is 260 g/mol. The molecule has 6 heteroatoms. The van der Waals surface area contributed by atoms with Crippen molar-refractivity contribution in [3.8, 4) is 11.5 Å². The van der Waals surface area contributed by atoms with E-state index < -0.39 is 5.97 Å². The predicted octanol–water partition coefficient (Wildman–Crippen LogP) is 2.10. The van der Waals surface area contributed by atoms with E-state index in [1.165, 1.54) is 6.07 Å². The molecule has 1 aromatic carbocycles. The van der Waals surface area contributed by atoms with Gasteiger partial charge in [-0.05, 0) is 19.1 Å². The number of aryl methyl sites for hydroxylation is 1. The highest BCUT2D eigenvalue weighted by Gasteiger charge is 2.17. The Kier molecular flexibility index (Phi) is 4.24. The zero-order valence-corrected chi connectivity index (χ0v) is 11.4. The Morgan fingerprint density at radius 2 is 2.20 bits per heavy atom. The molecule has 0 aliphatic rings. The van der Waals surface area contributed by atoms with Gasteiger partial charge in [0.1, 0.15) is 12.2 Å². The summed E-state index contributed by atoms with van der Waals surface area (Å²) in [6.07, 6.45) is 3.33. The third-order valence-corrected chi connectivity index (χ3v) is 2.79. The standard InChI is InChI=1S/C14H16N2O4/c1-3-19-12-6-4-5-11(14(17)18)13(12)20-8-10-7-15-9-16(10)2/h4-7,9H,3,8H2,1-2H3,(H,17,18). The molecule has 6 nitrogen and oxygen atoms in total. The van der Waals surface area contributed by atoms with Gasteiger partial charge in [0, 0.05) is 7.05 Å². The van der Waals surface area contributed by atoms with Crippen LogP contribution in [0.5, 0.6) is 11.5 Å². The van der Waals surface area contributed by atoms with Gasteiger partial charge in [-0.3, -0.25) is 0 Å². The van der Waals surface area contributed by atoms with E-state index >= 15 is 0 Å². The number of aromatic carboxylic acids is 1. The first kappa shape index (κ1) is 13.9. The Bertz CT molecular complexity index is 607. The van der Waals surface area contributed by atoms with Gasteiger partial charge in [0.25, 0.3) is 0 Å². The van der Waals surface area contributed by atoms with Crippen LogP contribution in [-0.2, 0) is 13.7 Å². The average molecular weight is 276 g/mol. The molecule has 0 bridgehead atoms. The monoisotopic (exact) mass is 276 g/mol. The summed E-state index contributed by atoms with van der Waals surface area (Å²) in [5.41, 5.74) is 0.922. The summed E-state index contributed by atoms with van der Waals surface area (Å²) in [5.74, 6) is -0.385. The number of rotatable bonds is 6. The Hall–Kier alpha value is -2.50. The Morgan fingerprint density at radius 3 is 2.80 bits per heavy atom. The third-order valence-electron chi connectivity index (χ3n) is 2.79. The van der Waals surface area contributed by atoms with Gasteiger partial charge < -0.3 is 19.1 Å². The number of carboxylic acid groups (broad SMARTS) is 1. The smallest absolute Gasteiger partial charge is 0.339 e. The molecule has 0 fully saturated rings. The number of carboxylic acids is 1. The van der Waals surface area contributed by atoms with Crippen molar-refractivity contribution < 1.29 is 19.4 Å². The van der Waals surface area contributed by atoms with Crippen molar-refractivity contribution in [3.05, 3.63) is 42.0 Å². The number of benzene rings is 1. The Balaban J connectivity index is 2.28. The van der Waals surface area contributed by atoms with Crippen molar-refractivity contribution in [2.75, 3.05) is 6.61 Å². The van der Waals surface area contributed by atoms with Crippen LogP contribution in [0.4, 0.5) is 0 Å². The van der Waals surface area contributed by atoms with Crippen molar-refractivity contribution in [3.63, 3.8) is 0 Å². The summed E-state index contributed by atoms with van der Waals surface area (Å²) in [6, 6.07) is 4.81. The van der Waals surface area contributed by atoms with Crippen molar-refractivity contribution >= 4 is 5.97 Å². The Morgan fingerprint density at radius 1 is 1.40 bits per heavy atom. The van der Waals surface area contributed by atoms with Gasteiger partial charge in [0.05, 0.1) is 24.8 Å². The van der Waals surface area contributed by atoms with E-state index in [-0.39, 0.29) is 17.9 Å². The van der Waals surface area contributed by atoms with E-state index in [0.29, 0.717) is 12.4 Å². The maximum absolute atomic E-state index is 11.3. The van der Waals surface area contributed by atoms with E-state index in [1.807, 2.05) is 18.5 Å². The summed E-state index contributed by atoms with van der Waals surface area (Å²) in [5, 5.41) is 9.22. The van der Waals surface area contributed by atoms with Crippen LogP contribution >= 0.6 is 0 Å². The zero-order valence-electron chi connectivity index (χ0n) is 11.4. The number of aromatic nitrogens is 2. The van der Waals surface area contributed by atoms with Crippen LogP contribution < -0.4 is 9.47 Å². The zero-order chi connectivity index (χ0) is 14.5. The van der Waals surface area contributed by atoms with Gasteiger partial charge in [-0.25, -0.2) is 9.78 Å². The third kappa shape index (κ3) is 2.90. The lowest BCUT2D eigenvalue weighted by Gasteiger charge is -2.14. The fraction of sp³-hybridized carbons (Fsp3) is 0.286. The van der Waals surface area contributed by atoms with Gasteiger partial charge >= 0.3 is 5.97 Å². The number of hydrogen-bond acceptors (Lipinski definition) is 4. The summed E-state index contributed by atoms with van der Waals surface area (Å²) < 4.78 is 12.9. The highest BCUT2D eigenvalue weighted by molar-refractivity contribution is 5.92. The molecule has 2 rings (SSSR count). The lowest BCUT2D eigenvalue weighted by atomic mass is 10.2. The van der Waals surface area contributed by atoms with Crippen LogP contribution in [0.15, 0.2) is 30.7 Å². The second-order valence-corrected chi connectivity index (χ2v) is 4.16. The summed E-state index contributed by atoms with van der Waals surface area (Å²) >= 11 is 0. The largest absolute Gasteiger partial charge is 0.490 e. The minimum Gasteiger partial charge on any atom is -0.490 e. The summed E-state index contributed by atoms with van der Waals surface area (Å²) in [4.78, 5) is 15.2. The molecule has 0 atom stereocenters. The van der Waals surface area contributed by atoms with Crippen LogP contribution in [0, 0.1) is 0 Å². The van der Waals surface area contributed by atoms with Gasteiger partial charge in [-0.1, -0.05) is 6.07 Å². The maximum atomic E-state index is 11.3. The fourth-order valence-electron chi connectivity index (χ4n) is 1.77. The number of ether oxygens (including phenoxy) is 2. The lowest BCUT2D eigenvalue weighted by molar-refractivity contribution is 0.0690. The number of carbonyl (C=O) groups is 1. The number of hydrogen-bond donors (Lipinski definition) is 1. The quantitative estimate of drug-likeness (QED) is 0.874. The fourth-order valence-corrected chi connectivity index (χ4v) is 1.77. The molecule has 1 heterocycles. The molecule has 0 radical (unpaired) electrons. The average Bonchev–Trinajstić information content (AvgIpc) is 2.83. The normalized spacial score (nSPS) is 10.3. The Labute approximate surface area is 116 Å². The molecule has 2 aromatic rings. The molecule has 0 saturated heterocycles. The summed E-state index contributed by atoms with van der Waals surface area (Å²) in [6.45, 7) is 2.49. The molecule has 0 spiro atoms. The van der Waals surface area contributed by atoms with Gasteiger partial charge in [0.15, 0.2) is 11.5 Å². The minimum atomic E-state index is -1.05. The first-order chi connectivity index (χ1) is 9.63. The predicted molar refractivity (Wildman–Crippen MR) is 72.1 cm³/mol. The molecule has 20 heavy (non-hydrogen) atoms. The number of para-hydroxylation sites is 1. The molecule has 0 aliphatic carbocycles. The van der Waals surface area contributed by atoms with E-state index in [9.17, 15) is 9.90 Å². The maximum Gasteiger partial charge on any atom is 0.339 e. The number of imidazole rings is 1. The van der Waals surface area contributed by atoms with Gasteiger partial charge in [0.2, 0.25) is 0 Å². The van der Waals surface area contributed by atoms with E-state index in [0.717, 1.165) is 5.69 Å². The molecule has 106 valence electrons. The highest BCUT2D eigenvalue weighted by atomic mass is 16.5. The van der Waals surface area contributed by atoms with E-state index in [2.05, 4.69) is 4.98 Å². The molecule has 0 saturated carbocycles. The molecular formula is C14H16N2O4. The van der Waals surface area contributed by atoms with Crippen molar-refractivity contribution in [1.29, 1.82) is 0 Å². The molecule has 0 aliphatic heterocycles. The first-order valence-corrected chi connectivity index (χ1v) is 6.20. The van der Waals surface area contributed by atoms with Crippen LogP contribution in [0.1, 0.15) is 23.0 Å². The molecule has 1 aromatic heterocycles. The van der Waals surface area contributed by atoms with Crippen LogP contribution in [0.2, 0.25) is 0 Å². The molecule has 0 unspecified atom stereocenters. The molecule has 1 N–H and O–H groups in total. The van der Waals surface area contributed by atoms with Gasteiger partial charge in [-0.2, -0.15) is 0 Å². The van der Waals surface area contributed by atoms with Crippen LogP contribution in [0.25, 0.3) is 0 Å².